The molecule has 152 valence electrons. The van der Waals surface area contributed by atoms with Crippen LogP contribution in [0.3, 0.4) is 0 Å². The lowest BCUT2D eigenvalue weighted by Crippen LogP contribution is -2.31. The van der Waals surface area contributed by atoms with E-state index in [9.17, 15) is 9.59 Å². The van der Waals surface area contributed by atoms with E-state index in [0.29, 0.717) is 28.4 Å². The number of carbonyl (C=O) groups is 1. The highest BCUT2D eigenvalue weighted by Gasteiger charge is 2.24. The number of aliphatic hydroxyl groups excluding tert-OH is 1. The van der Waals surface area contributed by atoms with Gasteiger partial charge in [0, 0.05) is 12.1 Å². The van der Waals surface area contributed by atoms with Crippen LogP contribution in [0, 0.1) is 0 Å². The van der Waals surface area contributed by atoms with E-state index in [0.717, 1.165) is 0 Å². The number of hydrogen-bond donors (Lipinski definition) is 2. The van der Waals surface area contributed by atoms with Crippen LogP contribution >= 0.6 is 0 Å². The van der Waals surface area contributed by atoms with Crippen molar-refractivity contribution in [1.82, 2.24) is 5.32 Å². The molecule has 0 saturated heterocycles. The molecule has 1 aromatic heterocycles. The zero-order chi connectivity index (χ0) is 21.0. The lowest BCUT2D eigenvalue weighted by Gasteiger charge is -2.15. The number of rotatable bonds is 7. The number of amides is 1. The van der Waals surface area contributed by atoms with Crippen LogP contribution in [0.15, 0.2) is 45.6 Å². The van der Waals surface area contributed by atoms with Gasteiger partial charge in [0.05, 0.1) is 33.3 Å². The Kier molecular flexibility index (Phi) is 6.04. The smallest absolute Gasteiger partial charge is 0.259 e. The van der Waals surface area contributed by atoms with Crippen LogP contribution in [0.4, 0.5) is 0 Å². The summed E-state index contributed by atoms with van der Waals surface area (Å²) in [6.45, 7) is -0.260. The van der Waals surface area contributed by atoms with Gasteiger partial charge in [0.25, 0.3) is 5.91 Å². The van der Waals surface area contributed by atoms with Crippen LogP contribution in [-0.2, 0) is 0 Å². The van der Waals surface area contributed by atoms with Gasteiger partial charge in [-0.3, -0.25) is 9.59 Å². The van der Waals surface area contributed by atoms with Gasteiger partial charge in [-0.05, 0) is 24.3 Å². The second-order valence-corrected chi connectivity index (χ2v) is 6.02. The van der Waals surface area contributed by atoms with Crippen molar-refractivity contribution in [3.05, 3.63) is 52.2 Å². The Bertz CT molecular complexity index is 1080. The van der Waals surface area contributed by atoms with Gasteiger partial charge < -0.3 is 29.1 Å². The summed E-state index contributed by atoms with van der Waals surface area (Å²) in [5.41, 5.74) is 0.0777. The third-order valence-electron chi connectivity index (χ3n) is 4.35. The molecule has 8 heteroatoms. The van der Waals surface area contributed by atoms with Gasteiger partial charge in [-0.1, -0.05) is 12.1 Å². The largest absolute Gasteiger partial charge is 0.493 e. The highest BCUT2D eigenvalue weighted by Crippen LogP contribution is 2.42. The lowest BCUT2D eigenvalue weighted by molar-refractivity contribution is 0.0943. The van der Waals surface area contributed by atoms with E-state index in [1.165, 1.54) is 21.3 Å². The van der Waals surface area contributed by atoms with Crippen molar-refractivity contribution in [2.75, 3.05) is 34.5 Å². The minimum absolute atomic E-state index is 0.000203. The van der Waals surface area contributed by atoms with E-state index in [2.05, 4.69) is 5.32 Å². The molecule has 0 aliphatic rings. The van der Waals surface area contributed by atoms with Gasteiger partial charge in [-0.25, -0.2) is 0 Å². The van der Waals surface area contributed by atoms with E-state index >= 15 is 0 Å². The molecule has 0 saturated carbocycles. The summed E-state index contributed by atoms with van der Waals surface area (Å²) in [5.74, 6) is 0.470. The monoisotopic (exact) mass is 399 g/mol. The first kappa shape index (κ1) is 20.2. The fourth-order valence-corrected chi connectivity index (χ4v) is 3.02. The van der Waals surface area contributed by atoms with Crippen molar-refractivity contribution in [2.45, 2.75) is 0 Å². The Hall–Kier alpha value is -3.52. The maximum absolute atomic E-state index is 13.1. The molecular weight excluding hydrogens is 378 g/mol. The van der Waals surface area contributed by atoms with Crippen LogP contribution in [0.1, 0.15) is 10.4 Å². The van der Waals surface area contributed by atoms with Crippen molar-refractivity contribution in [3.8, 4) is 28.6 Å². The summed E-state index contributed by atoms with van der Waals surface area (Å²) in [4.78, 5) is 25.8. The normalized spacial score (nSPS) is 10.6. The SMILES string of the molecule is COc1cc(-c2oc3ccccc3c(=O)c2C(=O)NCCO)cc(OC)c1OC. The minimum atomic E-state index is -0.651. The Morgan fingerprint density at radius 2 is 1.72 bits per heavy atom. The molecule has 0 radical (unpaired) electrons. The van der Waals surface area contributed by atoms with E-state index in [-0.39, 0.29) is 29.9 Å². The first-order valence-corrected chi connectivity index (χ1v) is 8.81. The zero-order valence-electron chi connectivity index (χ0n) is 16.3. The van der Waals surface area contributed by atoms with Gasteiger partial charge in [0.2, 0.25) is 11.2 Å². The summed E-state index contributed by atoms with van der Waals surface area (Å²) in [7, 11) is 4.41. The average Bonchev–Trinajstić information content (AvgIpc) is 2.76. The minimum Gasteiger partial charge on any atom is -0.493 e. The Morgan fingerprint density at radius 3 is 2.31 bits per heavy atom. The summed E-state index contributed by atoms with van der Waals surface area (Å²) in [5, 5.41) is 11.8. The number of carbonyl (C=O) groups excluding carboxylic acids is 1. The van der Waals surface area contributed by atoms with Crippen LogP contribution in [0.25, 0.3) is 22.3 Å². The molecule has 1 amide bonds. The number of methoxy groups -OCH3 is 3. The average molecular weight is 399 g/mol. The van der Waals surface area contributed by atoms with E-state index in [1.54, 1.807) is 36.4 Å². The third-order valence-corrected chi connectivity index (χ3v) is 4.35. The molecule has 0 aliphatic carbocycles. The van der Waals surface area contributed by atoms with Gasteiger partial charge >= 0.3 is 0 Å². The van der Waals surface area contributed by atoms with Gasteiger partial charge in [-0.2, -0.15) is 0 Å². The van der Waals surface area contributed by atoms with Gasteiger partial charge in [0.1, 0.15) is 11.1 Å². The number of aliphatic hydroxyl groups is 1. The number of benzene rings is 2. The Morgan fingerprint density at radius 1 is 1.07 bits per heavy atom. The fourth-order valence-electron chi connectivity index (χ4n) is 3.02. The van der Waals surface area contributed by atoms with Crippen LogP contribution < -0.4 is 25.0 Å². The number of ether oxygens (including phenoxy) is 3. The zero-order valence-corrected chi connectivity index (χ0v) is 16.3. The molecule has 2 aromatic carbocycles. The molecule has 0 aliphatic heterocycles. The summed E-state index contributed by atoms with van der Waals surface area (Å²) in [6, 6.07) is 9.84. The molecule has 0 fully saturated rings. The maximum Gasteiger partial charge on any atom is 0.259 e. The number of fused-ring (bicyclic) bond motifs is 1. The van der Waals surface area contributed by atoms with Crippen molar-refractivity contribution >= 4 is 16.9 Å². The first-order valence-electron chi connectivity index (χ1n) is 8.81. The molecule has 0 atom stereocenters. The van der Waals surface area contributed by atoms with Crippen LogP contribution in [0.5, 0.6) is 17.2 Å². The molecule has 29 heavy (non-hydrogen) atoms. The molecule has 1 heterocycles. The van der Waals surface area contributed by atoms with E-state index in [1.807, 2.05) is 0 Å². The molecule has 3 aromatic rings. The second kappa shape index (κ2) is 8.66. The Balaban J connectivity index is 2.33. The molecule has 3 rings (SSSR count). The Labute approximate surface area is 166 Å². The molecule has 0 unspecified atom stereocenters. The summed E-state index contributed by atoms with van der Waals surface area (Å²) < 4.78 is 22.0. The predicted molar refractivity (Wildman–Crippen MR) is 107 cm³/mol. The predicted octanol–water partition coefficient (Wildman–Crippen LogP) is 2.21. The van der Waals surface area contributed by atoms with E-state index < -0.39 is 11.3 Å². The van der Waals surface area contributed by atoms with Crippen molar-refractivity contribution in [2.24, 2.45) is 0 Å². The van der Waals surface area contributed by atoms with Gasteiger partial charge in [0.15, 0.2) is 17.3 Å². The van der Waals surface area contributed by atoms with Crippen LogP contribution in [0.2, 0.25) is 0 Å². The molecule has 0 bridgehead atoms. The standard InChI is InChI=1S/C21H21NO7/c1-26-15-10-12(11-16(27-2)20(15)28-3)19-17(21(25)22-8-9-23)18(24)13-6-4-5-7-14(13)29-19/h4-7,10-11,23H,8-9H2,1-3H3,(H,22,25). The maximum atomic E-state index is 13.1. The summed E-state index contributed by atoms with van der Waals surface area (Å²) >= 11 is 0. The van der Waals surface area contributed by atoms with Crippen molar-refractivity contribution in [1.29, 1.82) is 0 Å². The molecular formula is C21H21NO7. The van der Waals surface area contributed by atoms with Crippen molar-refractivity contribution in [3.63, 3.8) is 0 Å². The third kappa shape index (κ3) is 3.74. The first-order chi connectivity index (χ1) is 14.0. The lowest BCUT2D eigenvalue weighted by atomic mass is 10.0. The topological polar surface area (TPSA) is 107 Å². The number of hydrogen-bond acceptors (Lipinski definition) is 7. The fraction of sp³-hybridized carbons (Fsp3) is 0.238. The highest BCUT2D eigenvalue weighted by atomic mass is 16.5. The van der Waals surface area contributed by atoms with Crippen molar-refractivity contribution < 1.29 is 28.5 Å². The van der Waals surface area contributed by atoms with Gasteiger partial charge in [-0.15, -0.1) is 0 Å². The summed E-state index contributed by atoms with van der Waals surface area (Å²) in [6.07, 6.45) is 0. The molecule has 2 N–H and O–H groups in total. The molecule has 0 spiro atoms. The molecule has 8 nitrogen and oxygen atoms in total. The number of para-hydroxylation sites is 1. The quantitative estimate of drug-likeness (QED) is 0.627. The second-order valence-electron chi connectivity index (χ2n) is 6.02. The highest BCUT2D eigenvalue weighted by molar-refractivity contribution is 6.02. The number of nitrogens with one attached hydrogen (secondary N) is 1. The van der Waals surface area contributed by atoms with E-state index in [4.69, 9.17) is 23.7 Å². The van der Waals surface area contributed by atoms with Crippen LogP contribution in [-0.4, -0.2) is 45.5 Å².